The van der Waals surface area contributed by atoms with Gasteiger partial charge < -0.3 is 5.11 Å². The van der Waals surface area contributed by atoms with Gasteiger partial charge in [-0.05, 0) is 111 Å². The topological polar surface area (TPSA) is 20.2 Å². The molecule has 0 aromatic heterocycles. The summed E-state index contributed by atoms with van der Waals surface area (Å²) in [6.45, 7) is 5.22. The maximum Gasteiger partial charge on any atom is 0.0577 e. The molecule has 0 amide bonds. The highest BCUT2D eigenvalue weighted by Crippen LogP contribution is 2.66. The molecule has 0 heterocycles. The summed E-state index contributed by atoms with van der Waals surface area (Å²) in [5.41, 5.74) is 4.08. The molecule has 4 aliphatic rings. The Bertz CT molecular complexity index is 751. The molecule has 3 saturated carbocycles. The molecule has 7 atom stereocenters. The maximum absolute atomic E-state index is 10.2. The molecule has 1 aromatic rings. The number of aliphatic hydroxyl groups excluding tert-OH is 1. The minimum atomic E-state index is -0.0831. The number of allylic oxidation sites excluding steroid dienone is 1. The molecule has 0 saturated heterocycles. The van der Waals surface area contributed by atoms with E-state index < -0.39 is 0 Å². The molecule has 29 heavy (non-hydrogen) atoms. The largest absolute Gasteiger partial charge is 0.393 e. The highest BCUT2D eigenvalue weighted by Gasteiger charge is 2.58. The molecule has 1 heteroatoms. The van der Waals surface area contributed by atoms with Gasteiger partial charge in [0.25, 0.3) is 0 Å². The molecule has 1 aromatic carbocycles. The van der Waals surface area contributed by atoms with Crippen molar-refractivity contribution < 1.29 is 5.11 Å². The Morgan fingerprint density at radius 2 is 1.79 bits per heavy atom. The Kier molecular flexibility index (Phi) is 5.18. The number of rotatable bonds is 4. The molecule has 3 fully saturated rings. The minimum Gasteiger partial charge on any atom is -0.393 e. The third-order valence-corrected chi connectivity index (χ3v) is 10.1. The minimum absolute atomic E-state index is 0.0831. The summed E-state index contributed by atoms with van der Waals surface area (Å²) in [7, 11) is 0. The van der Waals surface area contributed by atoms with Crippen LogP contribution in [0.1, 0.15) is 83.6 Å². The van der Waals surface area contributed by atoms with Gasteiger partial charge in [0.15, 0.2) is 0 Å². The first-order valence-corrected chi connectivity index (χ1v) is 12.4. The third-order valence-electron chi connectivity index (χ3n) is 10.1. The van der Waals surface area contributed by atoms with Gasteiger partial charge in [0, 0.05) is 0 Å². The Labute approximate surface area is 178 Å². The molecule has 0 radical (unpaired) electrons. The number of aryl methyl sites for hydroxylation is 1. The highest BCUT2D eigenvalue weighted by molar-refractivity contribution is 5.25. The zero-order chi connectivity index (χ0) is 20.1. The average Bonchev–Trinajstić information content (AvgIpc) is 3.06. The van der Waals surface area contributed by atoms with Crippen molar-refractivity contribution in [2.75, 3.05) is 0 Å². The molecule has 1 N–H and O–H groups in total. The van der Waals surface area contributed by atoms with Crippen LogP contribution in [0.2, 0.25) is 0 Å². The Balaban J connectivity index is 1.28. The zero-order valence-corrected chi connectivity index (χ0v) is 18.6. The van der Waals surface area contributed by atoms with Crippen molar-refractivity contribution in [3.05, 3.63) is 47.5 Å². The van der Waals surface area contributed by atoms with Gasteiger partial charge >= 0.3 is 0 Å². The number of hydrogen-bond acceptors (Lipinski definition) is 1. The monoisotopic (exact) mass is 392 g/mol. The fraction of sp³-hybridized carbons (Fsp3) is 0.714. The van der Waals surface area contributed by atoms with Crippen molar-refractivity contribution in [2.45, 2.75) is 90.6 Å². The van der Waals surface area contributed by atoms with Gasteiger partial charge in [-0.1, -0.05) is 55.8 Å². The van der Waals surface area contributed by atoms with Crippen LogP contribution in [0.5, 0.6) is 0 Å². The highest BCUT2D eigenvalue weighted by atomic mass is 16.3. The number of hydrogen-bond donors (Lipinski definition) is 1. The van der Waals surface area contributed by atoms with E-state index in [9.17, 15) is 5.11 Å². The summed E-state index contributed by atoms with van der Waals surface area (Å²) in [5, 5.41) is 10.2. The van der Waals surface area contributed by atoms with Crippen LogP contribution < -0.4 is 0 Å². The van der Waals surface area contributed by atoms with Crippen LogP contribution in [0.3, 0.4) is 0 Å². The molecular formula is C28H40O. The van der Waals surface area contributed by atoms with E-state index in [1.807, 2.05) is 0 Å². The van der Waals surface area contributed by atoms with Crippen molar-refractivity contribution in [2.24, 2.45) is 34.5 Å². The molecule has 0 bridgehead atoms. The van der Waals surface area contributed by atoms with Gasteiger partial charge in [-0.15, -0.1) is 0 Å². The van der Waals surface area contributed by atoms with Crippen LogP contribution in [0.4, 0.5) is 0 Å². The van der Waals surface area contributed by atoms with E-state index in [4.69, 9.17) is 0 Å². The van der Waals surface area contributed by atoms with E-state index in [0.29, 0.717) is 10.8 Å². The summed E-state index contributed by atoms with van der Waals surface area (Å²) in [4.78, 5) is 0. The van der Waals surface area contributed by atoms with E-state index in [0.717, 1.165) is 36.5 Å². The average molecular weight is 393 g/mol. The summed E-state index contributed by atoms with van der Waals surface area (Å²) in [6.07, 6.45) is 16.8. The first-order valence-electron chi connectivity index (χ1n) is 12.4. The van der Waals surface area contributed by atoms with Crippen LogP contribution in [0.15, 0.2) is 42.0 Å². The second kappa shape index (κ2) is 7.56. The second-order valence-electron chi connectivity index (χ2n) is 11.4. The Morgan fingerprint density at radius 1 is 0.966 bits per heavy atom. The number of fused-ring (bicyclic) bond motifs is 5. The second-order valence-corrected chi connectivity index (χ2v) is 11.4. The first-order chi connectivity index (χ1) is 14.0. The van der Waals surface area contributed by atoms with Gasteiger partial charge in [-0.2, -0.15) is 0 Å². The predicted molar refractivity (Wildman–Crippen MR) is 121 cm³/mol. The van der Waals surface area contributed by atoms with Gasteiger partial charge in [0.2, 0.25) is 0 Å². The van der Waals surface area contributed by atoms with E-state index in [1.165, 1.54) is 63.4 Å². The van der Waals surface area contributed by atoms with Crippen LogP contribution in [-0.2, 0) is 6.42 Å². The normalized spacial score (nSPS) is 43.8. The maximum atomic E-state index is 10.2. The zero-order valence-electron chi connectivity index (χ0n) is 18.6. The van der Waals surface area contributed by atoms with Gasteiger partial charge in [0.1, 0.15) is 0 Å². The van der Waals surface area contributed by atoms with Crippen molar-refractivity contribution in [3.8, 4) is 0 Å². The van der Waals surface area contributed by atoms with Crippen LogP contribution in [0.25, 0.3) is 0 Å². The van der Waals surface area contributed by atoms with Crippen LogP contribution in [-0.4, -0.2) is 11.2 Å². The Morgan fingerprint density at radius 3 is 2.62 bits per heavy atom. The lowest BCUT2D eigenvalue weighted by Crippen LogP contribution is -2.50. The smallest absolute Gasteiger partial charge is 0.0577 e. The molecule has 0 unspecified atom stereocenters. The molecule has 0 spiro atoms. The molecule has 0 aliphatic heterocycles. The lowest BCUT2D eigenvalue weighted by Gasteiger charge is -2.58. The summed E-state index contributed by atoms with van der Waals surface area (Å²) in [6, 6.07) is 11.1. The molecular weight excluding hydrogens is 352 g/mol. The molecule has 1 nitrogen and oxygen atoms in total. The van der Waals surface area contributed by atoms with Crippen molar-refractivity contribution in [1.82, 2.24) is 0 Å². The molecule has 158 valence electrons. The van der Waals surface area contributed by atoms with Gasteiger partial charge in [0.05, 0.1) is 6.10 Å². The van der Waals surface area contributed by atoms with Gasteiger partial charge in [-0.25, -0.2) is 0 Å². The van der Waals surface area contributed by atoms with E-state index in [1.54, 1.807) is 5.57 Å². The van der Waals surface area contributed by atoms with Crippen LogP contribution >= 0.6 is 0 Å². The summed E-state index contributed by atoms with van der Waals surface area (Å²) >= 11 is 0. The Hall–Kier alpha value is -1.08. The predicted octanol–water partition coefficient (Wildman–Crippen LogP) is 6.95. The van der Waals surface area contributed by atoms with Gasteiger partial charge in [-0.3, -0.25) is 0 Å². The molecule has 4 aliphatic carbocycles. The fourth-order valence-corrected chi connectivity index (χ4v) is 8.42. The van der Waals surface area contributed by atoms with Crippen molar-refractivity contribution >= 4 is 0 Å². The lowest BCUT2D eigenvalue weighted by molar-refractivity contribution is -0.0508. The van der Waals surface area contributed by atoms with Crippen molar-refractivity contribution in [3.63, 3.8) is 0 Å². The standard InChI is InChI=1S/C28H40O/c1-27-18-16-26-24(13-11-22-19-23(29)15-17-28(22,26)2)25(27)14-12-21(27)10-6-9-20-7-4-3-5-8-20/h3-5,7-8,11,21,23-26,29H,6,9-10,12-19H2,1-2H3/t21-,23-,24-,25-,26-,27+,28-/m0/s1. The SMILES string of the molecule is C[C@]12CC[C@H]3[C@@H](CC=C4C[C@@H](O)CC[C@@]43C)[C@@H]1CC[C@@H]2CCCc1ccccc1. The fourth-order valence-electron chi connectivity index (χ4n) is 8.42. The van der Waals surface area contributed by atoms with E-state index in [2.05, 4.69) is 50.3 Å². The van der Waals surface area contributed by atoms with E-state index in [-0.39, 0.29) is 6.10 Å². The van der Waals surface area contributed by atoms with E-state index >= 15 is 0 Å². The number of benzene rings is 1. The van der Waals surface area contributed by atoms with Crippen LogP contribution in [0, 0.1) is 34.5 Å². The summed E-state index contributed by atoms with van der Waals surface area (Å²) < 4.78 is 0. The van der Waals surface area contributed by atoms with Crippen molar-refractivity contribution in [1.29, 1.82) is 0 Å². The third kappa shape index (κ3) is 3.32. The lowest BCUT2D eigenvalue weighted by atomic mass is 9.47. The summed E-state index contributed by atoms with van der Waals surface area (Å²) in [5.74, 6) is 3.64. The molecule has 5 rings (SSSR count). The number of aliphatic hydroxyl groups is 1. The first kappa shape index (κ1) is 19.9. The quantitative estimate of drug-likeness (QED) is 0.550.